The molecule has 0 radical (unpaired) electrons. The van der Waals surface area contributed by atoms with E-state index in [0.717, 1.165) is 6.07 Å². The second-order valence-corrected chi connectivity index (χ2v) is 8.61. The summed E-state index contributed by atoms with van der Waals surface area (Å²) in [7, 11) is 0. The summed E-state index contributed by atoms with van der Waals surface area (Å²) in [5.74, 6) is -2.03. The van der Waals surface area contributed by atoms with Crippen molar-refractivity contribution in [2.24, 2.45) is 0 Å². The van der Waals surface area contributed by atoms with Crippen molar-refractivity contribution in [2.45, 2.75) is 44.8 Å². The Labute approximate surface area is 178 Å². The first-order chi connectivity index (χ1) is 13.3. The minimum atomic E-state index is -1.74. The summed E-state index contributed by atoms with van der Waals surface area (Å²) in [6, 6.07) is 8.99. The predicted molar refractivity (Wildman–Crippen MR) is 110 cm³/mol. The van der Waals surface area contributed by atoms with Gasteiger partial charge in [-0.15, -0.1) is 0 Å². The number of aliphatic carboxylic acids is 1. The van der Waals surface area contributed by atoms with Crippen LogP contribution in [0.4, 0.5) is 9.18 Å². The van der Waals surface area contributed by atoms with E-state index in [1.807, 2.05) is 0 Å². The Balaban J connectivity index is 2.61. The van der Waals surface area contributed by atoms with Crippen molar-refractivity contribution < 1.29 is 23.8 Å². The first-order valence-electron chi connectivity index (χ1n) is 8.78. The second kappa shape index (κ2) is 8.59. The van der Waals surface area contributed by atoms with E-state index in [9.17, 15) is 19.1 Å². The fraction of sp³-hybridized carbons (Fsp3) is 0.333. The van der Waals surface area contributed by atoms with E-state index in [1.54, 1.807) is 45.0 Å². The lowest BCUT2D eigenvalue weighted by molar-refractivity contribution is -0.144. The molecule has 0 fully saturated rings. The van der Waals surface area contributed by atoms with E-state index in [4.69, 9.17) is 27.9 Å². The standard InChI is InChI=1S/C21H22Cl2FNO4/c1-20(2,3)29-19(28)25-17(12-5-8-14(22)9-6-12)21(4,18(26)27)13-7-10-15(23)16(24)11-13/h5-11,17H,1-4H3,(H,25,28)(H,26,27). The highest BCUT2D eigenvalue weighted by Crippen LogP contribution is 2.39. The zero-order valence-corrected chi connectivity index (χ0v) is 17.9. The van der Waals surface area contributed by atoms with Gasteiger partial charge in [-0.2, -0.15) is 0 Å². The van der Waals surface area contributed by atoms with E-state index < -0.39 is 34.9 Å². The third-order valence-corrected chi connectivity index (χ3v) is 4.96. The molecule has 2 aromatic rings. The number of rotatable bonds is 5. The summed E-state index contributed by atoms with van der Waals surface area (Å²) in [6.45, 7) is 6.47. The summed E-state index contributed by atoms with van der Waals surface area (Å²) in [5, 5.41) is 13.0. The zero-order chi connectivity index (χ0) is 22.0. The SMILES string of the molecule is CC(C)(C)OC(=O)NC(c1ccc(Cl)cc1)C(C)(C(=O)O)c1ccc(Cl)c(F)c1. The van der Waals surface area contributed by atoms with Gasteiger partial charge in [0, 0.05) is 5.02 Å². The van der Waals surface area contributed by atoms with Crippen molar-refractivity contribution in [3.05, 3.63) is 69.5 Å². The summed E-state index contributed by atoms with van der Waals surface area (Å²) < 4.78 is 19.4. The highest BCUT2D eigenvalue weighted by molar-refractivity contribution is 6.31. The van der Waals surface area contributed by atoms with Gasteiger partial charge >= 0.3 is 12.1 Å². The van der Waals surface area contributed by atoms with Crippen molar-refractivity contribution in [1.29, 1.82) is 0 Å². The van der Waals surface area contributed by atoms with Crippen LogP contribution in [0, 0.1) is 5.82 Å². The van der Waals surface area contributed by atoms with Gasteiger partial charge in [0.2, 0.25) is 0 Å². The Bertz CT molecular complexity index is 912. The van der Waals surface area contributed by atoms with Gasteiger partial charge in [-0.3, -0.25) is 4.79 Å². The number of carboxylic acid groups (broad SMARTS) is 1. The molecule has 1 amide bonds. The van der Waals surface area contributed by atoms with Crippen molar-refractivity contribution in [1.82, 2.24) is 5.32 Å². The molecule has 2 aromatic carbocycles. The minimum absolute atomic E-state index is 0.128. The number of benzene rings is 2. The Morgan fingerprint density at radius 2 is 1.66 bits per heavy atom. The van der Waals surface area contributed by atoms with Gasteiger partial charge in [0.15, 0.2) is 0 Å². The molecule has 0 bridgehead atoms. The van der Waals surface area contributed by atoms with Crippen LogP contribution in [0.5, 0.6) is 0 Å². The number of nitrogens with one attached hydrogen (secondary N) is 1. The topological polar surface area (TPSA) is 75.6 Å². The summed E-state index contributed by atoms with van der Waals surface area (Å²) in [6.07, 6.45) is -0.806. The second-order valence-electron chi connectivity index (χ2n) is 7.77. The molecule has 29 heavy (non-hydrogen) atoms. The predicted octanol–water partition coefficient (Wildman–Crippen LogP) is 5.74. The van der Waals surface area contributed by atoms with Crippen molar-refractivity contribution >= 4 is 35.3 Å². The quantitative estimate of drug-likeness (QED) is 0.619. The van der Waals surface area contributed by atoms with Gasteiger partial charge in [0.1, 0.15) is 16.8 Å². The fourth-order valence-corrected chi connectivity index (χ4v) is 3.12. The van der Waals surface area contributed by atoms with Gasteiger partial charge in [0.25, 0.3) is 0 Å². The Hall–Kier alpha value is -2.31. The number of halogens is 3. The fourth-order valence-electron chi connectivity index (χ4n) is 2.87. The summed E-state index contributed by atoms with van der Waals surface area (Å²) >= 11 is 11.7. The Kier molecular flexibility index (Phi) is 6.81. The third kappa shape index (κ3) is 5.40. The molecule has 0 saturated carbocycles. The van der Waals surface area contributed by atoms with E-state index in [0.29, 0.717) is 10.6 Å². The van der Waals surface area contributed by atoms with Gasteiger partial charge in [-0.1, -0.05) is 41.4 Å². The Morgan fingerprint density at radius 1 is 1.07 bits per heavy atom. The minimum Gasteiger partial charge on any atom is -0.481 e. The molecule has 0 saturated heterocycles. The zero-order valence-electron chi connectivity index (χ0n) is 16.4. The molecule has 156 valence electrons. The van der Waals surface area contributed by atoms with Gasteiger partial charge in [0.05, 0.1) is 11.1 Å². The molecule has 0 aliphatic carbocycles. The molecule has 2 unspecified atom stereocenters. The summed E-state index contributed by atoms with van der Waals surface area (Å²) in [5.41, 5.74) is -1.94. The number of hydrogen-bond acceptors (Lipinski definition) is 3. The number of alkyl carbamates (subject to hydrolysis) is 1. The smallest absolute Gasteiger partial charge is 0.408 e. The molecular weight excluding hydrogens is 420 g/mol. The van der Waals surface area contributed by atoms with Crippen LogP contribution < -0.4 is 5.32 Å². The number of amides is 1. The lowest BCUT2D eigenvalue weighted by atomic mass is 9.73. The normalized spacial score (nSPS) is 14.6. The molecule has 2 atom stereocenters. The van der Waals surface area contributed by atoms with Gasteiger partial charge in [-0.05, 0) is 63.1 Å². The van der Waals surface area contributed by atoms with Crippen LogP contribution in [-0.2, 0) is 14.9 Å². The maximum atomic E-state index is 14.1. The highest BCUT2D eigenvalue weighted by Gasteiger charge is 2.46. The number of ether oxygens (including phenoxy) is 1. The molecule has 2 N–H and O–H groups in total. The van der Waals surface area contributed by atoms with E-state index in [2.05, 4.69) is 5.32 Å². The highest BCUT2D eigenvalue weighted by atomic mass is 35.5. The van der Waals surface area contributed by atoms with Crippen molar-refractivity contribution in [3.63, 3.8) is 0 Å². The van der Waals surface area contributed by atoms with E-state index >= 15 is 0 Å². The lowest BCUT2D eigenvalue weighted by Crippen LogP contribution is -2.48. The van der Waals surface area contributed by atoms with E-state index in [1.165, 1.54) is 19.1 Å². The number of carbonyl (C=O) groups excluding carboxylic acids is 1. The third-order valence-electron chi connectivity index (χ3n) is 4.41. The summed E-state index contributed by atoms with van der Waals surface area (Å²) in [4.78, 5) is 24.9. The van der Waals surface area contributed by atoms with Crippen LogP contribution in [0.15, 0.2) is 42.5 Å². The molecule has 8 heteroatoms. The van der Waals surface area contributed by atoms with Crippen LogP contribution in [0.2, 0.25) is 10.0 Å². The van der Waals surface area contributed by atoms with Crippen LogP contribution in [0.1, 0.15) is 44.9 Å². The number of carboxylic acids is 1. The number of carbonyl (C=O) groups is 2. The molecule has 0 aliphatic rings. The molecule has 0 spiro atoms. The first kappa shape index (κ1) is 23.0. The average Bonchev–Trinajstić information content (AvgIpc) is 2.60. The van der Waals surface area contributed by atoms with Crippen LogP contribution in [0.25, 0.3) is 0 Å². The molecular formula is C21H22Cl2FNO4. The Morgan fingerprint density at radius 3 is 2.14 bits per heavy atom. The van der Waals surface area contributed by atoms with E-state index in [-0.39, 0.29) is 10.6 Å². The van der Waals surface area contributed by atoms with Crippen molar-refractivity contribution in [3.8, 4) is 0 Å². The monoisotopic (exact) mass is 441 g/mol. The molecule has 0 aromatic heterocycles. The van der Waals surface area contributed by atoms with Gasteiger partial charge < -0.3 is 15.2 Å². The average molecular weight is 442 g/mol. The maximum Gasteiger partial charge on any atom is 0.408 e. The van der Waals surface area contributed by atoms with Crippen LogP contribution in [0.3, 0.4) is 0 Å². The largest absolute Gasteiger partial charge is 0.481 e. The maximum absolute atomic E-state index is 14.1. The molecule has 0 heterocycles. The molecule has 0 aliphatic heterocycles. The van der Waals surface area contributed by atoms with Crippen LogP contribution in [-0.4, -0.2) is 22.8 Å². The lowest BCUT2D eigenvalue weighted by Gasteiger charge is -2.36. The van der Waals surface area contributed by atoms with Gasteiger partial charge in [-0.25, -0.2) is 9.18 Å². The molecule has 2 rings (SSSR count). The number of hydrogen-bond donors (Lipinski definition) is 2. The molecule has 5 nitrogen and oxygen atoms in total. The first-order valence-corrected chi connectivity index (χ1v) is 9.54. The van der Waals surface area contributed by atoms with Crippen molar-refractivity contribution in [2.75, 3.05) is 0 Å². The van der Waals surface area contributed by atoms with Crippen LogP contribution >= 0.6 is 23.2 Å².